The van der Waals surface area contributed by atoms with Crippen LogP contribution in [-0.4, -0.2) is 24.6 Å². The van der Waals surface area contributed by atoms with Crippen molar-refractivity contribution < 1.29 is 9.53 Å². The van der Waals surface area contributed by atoms with Gasteiger partial charge >= 0.3 is 5.97 Å². The first-order chi connectivity index (χ1) is 4.42. The second-order valence-electron chi connectivity index (χ2n) is 1.92. The Labute approximate surface area is 71.1 Å². The van der Waals surface area contributed by atoms with Gasteiger partial charge in [0.05, 0.1) is 0 Å². The molecule has 62 valence electrons. The lowest BCUT2D eigenvalue weighted by atomic mass is 10.8. The number of rotatable bonds is 3. The summed E-state index contributed by atoms with van der Waals surface area (Å²) in [6.07, 6.45) is 1.74. The maximum atomic E-state index is 10.2. The van der Waals surface area contributed by atoms with Gasteiger partial charge in [-0.1, -0.05) is 29.8 Å². The van der Waals surface area contributed by atoms with Crippen LogP contribution < -0.4 is 0 Å². The Morgan fingerprint density at radius 2 is 2.10 bits per heavy atom. The third-order valence-corrected chi connectivity index (χ3v) is 2.56. The van der Waals surface area contributed by atoms with E-state index in [2.05, 4.69) is 4.74 Å². The van der Waals surface area contributed by atoms with E-state index in [-0.39, 0.29) is 5.97 Å². The van der Waals surface area contributed by atoms with E-state index >= 15 is 0 Å². The molecule has 0 spiro atoms. The largest absolute Gasteiger partial charge is 0.465 e. The Morgan fingerprint density at radius 1 is 1.60 bits per heavy atom. The van der Waals surface area contributed by atoms with E-state index < -0.39 is 8.46 Å². The van der Waals surface area contributed by atoms with E-state index in [1.807, 2.05) is 0 Å². The molecule has 0 rings (SSSR count). The summed E-state index contributed by atoms with van der Waals surface area (Å²) in [7, 11) is 9.80. The first kappa shape index (κ1) is 10.4. The molecular formula is C5H10Cl2O2S. The zero-order valence-corrected chi connectivity index (χ0v) is 8.22. The van der Waals surface area contributed by atoms with Crippen LogP contribution in [0.15, 0.2) is 0 Å². The molecule has 0 aromatic heterocycles. The summed E-state index contributed by atoms with van der Waals surface area (Å²) in [5.74, 6) is 0.243. The quantitative estimate of drug-likeness (QED) is 0.660. The molecule has 0 atom stereocenters. The third-order valence-electron chi connectivity index (χ3n) is 0.747. The number of carbonyl (C=O) groups excluding carboxylic acids is 1. The van der Waals surface area contributed by atoms with Crippen LogP contribution in [0.1, 0.15) is 6.92 Å². The van der Waals surface area contributed by atoms with Crippen molar-refractivity contribution in [2.75, 3.05) is 18.6 Å². The molecule has 0 saturated heterocycles. The summed E-state index contributed by atoms with van der Waals surface area (Å²) < 4.78 is 4.63. The highest BCUT2D eigenvalue weighted by atomic mass is 36.0. The molecule has 0 fully saturated rings. The molecule has 0 heterocycles. The number of carbonyl (C=O) groups is 1. The van der Waals surface area contributed by atoms with Crippen molar-refractivity contribution in [3.63, 3.8) is 0 Å². The van der Waals surface area contributed by atoms with Gasteiger partial charge in [-0.3, -0.25) is 4.79 Å². The summed E-state index contributed by atoms with van der Waals surface area (Å²) in [4.78, 5) is 10.2. The van der Waals surface area contributed by atoms with Crippen molar-refractivity contribution in [1.29, 1.82) is 0 Å². The fraction of sp³-hybridized carbons (Fsp3) is 0.800. The van der Waals surface area contributed by atoms with Gasteiger partial charge in [0.15, 0.2) is 0 Å². The molecule has 0 bridgehead atoms. The standard InChI is InChI=1S/C5H10Cl2O2S/c1-5(8)9-3-4-10(2,6)7/h3-4H2,1-2H3. The van der Waals surface area contributed by atoms with Crippen LogP contribution in [0.25, 0.3) is 0 Å². The van der Waals surface area contributed by atoms with Crippen LogP contribution in [-0.2, 0) is 9.53 Å². The van der Waals surface area contributed by atoms with Gasteiger partial charge in [-0.05, 0) is 6.26 Å². The molecule has 2 nitrogen and oxygen atoms in total. The Kier molecular flexibility index (Phi) is 4.49. The second-order valence-corrected chi connectivity index (χ2v) is 8.63. The van der Waals surface area contributed by atoms with Crippen molar-refractivity contribution in [1.82, 2.24) is 0 Å². The molecule has 0 aliphatic heterocycles. The Hall–Kier alpha value is 0.400. The molecule has 0 N–H and O–H groups in total. The van der Waals surface area contributed by atoms with Crippen molar-refractivity contribution in [2.45, 2.75) is 6.92 Å². The Bertz CT molecular complexity index is 121. The van der Waals surface area contributed by atoms with Crippen molar-refractivity contribution in [3.8, 4) is 0 Å². The smallest absolute Gasteiger partial charge is 0.302 e. The topological polar surface area (TPSA) is 26.3 Å². The monoisotopic (exact) mass is 204 g/mol. The molecule has 10 heavy (non-hydrogen) atoms. The van der Waals surface area contributed by atoms with Gasteiger partial charge in [0.2, 0.25) is 0 Å². The van der Waals surface area contributed by atoms with E-state index in [9.17, 15) is 4.79 Å². The molecular weight excluding hydrogens is 195 g/mol. The average Bonchev–Trinajstić information content (AvgIpc) is 1.59. The fourth-order valence-corrected chi connectivity index (χ4v) is 1.09. The molecule has 0 amide bonds. The minimum atomic E-state index is -1.55. The highest BCUT2D eigenvalue weighted by Crippen LogP contribution is 2.54. The van der Waals surface area contributed by atoms with Gasteiger partial charge < -0.3 is 4.74 Å². The number of hydrogen-bond donors (Lipinski definition) is 0. The summed E-state index contributed by atoms with van der Waals surface area (Å²) >= 11 is 0. The fourth-order valence-electron chi connectivity index (χ4n) is 0.332. The number of ether oxygens (including phenoxy) is 1. The first-order valence-electron chi connectivity index (χ1n) is 2.70. The number of halogens is 2. The van der Waals surface area contributed by atoms with Gasteiger partial charge in [0.1, 0.15) is 6.61 Å². The van der Waals surface area contributed by atoms with Crippen LogP contribution in [0.4, 0.5) is 0 Å². The lowest BCUT2D eigenvalue weighted by molar-refractivity contribution is -0.140. The van der Waals surface area contributed by atoms with E-state index in [0.717, 1.165) is 0 Å². The molecule has 0 aliphatic rings. The second kappa shape index (κ2) is 4.31. The van der Waals surface area contributed by atoms with Crippen molar-refractivity contribution in [2.24, 2.45) is 0 Å². The lowest BCUT2D eigenvalue weighted by Gasteiger charge is -2.17. The average molecular weight is 205 g/mol. The van der Waals surface area contributed by atoms with Gasteiger partial charge in [-0.25, -0.2) is 0 Å². The zero-order chi connectivity index (χ0) is 8.20. The van der Waals surface area contributed by atoms with E-state index in [1.165, 1.54) is 6.92 Å². The maximum Gasteiger partial charge on any atom is 0.302 e. The maximum absolute atomic E-state index is 10.2. The molecule has 0 aliphatic carbocycles. The third kappa shape index (κ3) is 8.40. The summed E-state index contributed by atoms with van der Waals surface area (Å²) in [6, 6.07) is 0. The highest BCUT2D eigenvalue weighted by molar-refractivity contribution is 8.65. The van der Waals surface area contributed by atoms with Gasteiger partial charge in [0, 0.05) is 12.7 Å². The molecule has 0 saturated carbocycles. The predicted molar refractivity (Wildman–Crippen MR) is 46.7 cm³/mol. The predicted octanol–water partition coefficient (Wildman–Crippen LogP) is 2.29. The zero-order valence-electron chi connectivity index (χ0n) is 5.89. The first-order valence-corrected chi connectivity index (χ1v) is 6.57. The molecule has 5 heteroatoms. The molecule has 0 aromatic carbocycles. The molecule has 0 aromatic rings. The highest BCUT2D eigenvalue weighted by Gasteiger charge is 2.09. The van der Waals surface area contributed by atoms with Crippen LogP contribution in [0.3, 0.4) is 0 Å². The SMILES string of the molecule is CC(=O)OCCS(C)(Cl)Cl. The van der Waals surface area contributed by atoms with Crippen LogP contribution >= 0.6 is 29.8 Å². The summed E-state index contributed by atoms with van der Waals surface area (Å²) in [5.41, 5.74) is 0. The van der Waals surface area contributed by atoms with E-state index in [4.69, 9.17) is 21.4 Å². The minimum absolute atomic E-state index is 0.294. The van der Waals surface area contributed by atoms with Gasteiger partial charge in [-0.15, -0.1) is 0 Å². The van der Waals surface area contributed by atoms with Crippen LogP contribution in [0, 0.1) is 0 Å². The summed E-state index contributed by atoms with van der Waals surface area (Å²) in [5, 5.41) is 0. The van der Waals surface area contributed by atoms with Gasteiger partial charge in [-0.2, -0.15) is 0 Å². The molecule has 0 unspecified atom stereocenters. The minimum Gasteiger partial charge on any atom is -0.465 e. The van der Waals surface area contributed by atoms with Gasteiger partial charge in [0.25, 0.3) is 0 Å². The number of hydrogen-bond acceptors (Lipinski definition) is 2. The van der Waals surface area contributed by atoms with Crippen LogP contribution in [0.2, 0.25) is 0 Å². The van der Waals surface area contributed by atoms with E-state index in [0.29, 0.717) is 12.4 Å². The Balaban J connectivity index is 3.29. The Morgan fingerprint density at radius 3 is 2.40 bits per heavy atom. The van der Waals surface area contributed by atoms with Crippen molar-refractivity contribution >= 4 is 35.8 Å². The summed E-state index contributed by atoms with van der Waals surface area (Å²) in [6.45, 7) is 1.67. The van der Waals surface area contributed by atoms with Crippen molar-refractivity contribution in [3.05, 3.63) is 0 Å². The number of esters is 1. The lowest BCUT2D eigenvalue weighted by Crippen LogP contribution is -2.05. The normalized spacial score (nSPS) is 12.8. The molecule has 0 radical (unpaired) electrons. The van der Waals surface area contributed by atoms with Crippen LogP contribution in [0.5, 0.6) is 0 Å². The van der Waals surface area contributed by atoms with E-state index in [1.54, 1.807) is 6.26 Å².